The highest BCUT2D eigenvalue weighted by molar-refractivity contribution is 6.16. The zero-order chi connectivity index (χ0) is 21.2. The van der Waals surface area contributed by atoms with Crippen LogP contribution < -0.4 is 5.32 Å². The first-order chi connectivity index (χ1) is 13.7. The molecule has 1 fully saturated rings. The van der Waals surface area contributed by atoms with E-state index in [0.29, 0.717) is 18.4 Å². The van der Waals surface area contributed by atoms with E-state index in [9.17, 15) is 22.8 Å². The number of alkyl halides is 3. The smallest absolute Gasteiger partial charge is 0.316 e. The summed E-state index contributed by atoms with van der Waals surface area (Å²) in [6.07, 6.45) is -1.27. The zero-order valence-corrected chi connectivity index (χ0v) is 16.6. The van der Waals surface area contributed by atoms with Gasteiger partial charge in [0.05, 0.1) is 0 Å². The van der Waals surface area contributed by atoms with Crippen LogP contribution in [0.2, 0.25) is 0 Å². The SMILES string of the molecule is CC(C)CC(=O)NC1(C(F)(F)F)N=C(c2ccccc2)N(C2CCCCC2)C1=O. The Kier molecular flexibility index (Phi) is 6.00. The zero-order valence-electron chi connectivity index (χ0n) is 16.6. The maximum atomic E-state index is 14.2. The topological polar surface area (TPSA) is 61.8 Å². The Morgan fingerprint density at radius 1 is 1.21 bits per heavy atom. The minimum Gasteiger partial charge on any atom is -0.316 e. The number of aliphatic imine (C=N–C) groups is 1. The average Bonchev–Trinajstić information content (AvgIpc) is 2.96. The van der Waals surface area contributed by atoms with Crippen molar-refractivity contribution < 1.29 is 22.8 Å². The van der Waals surface area contributed by atoms with Crippen LogP contribution in [0.1, 0.15) is 57.9 Å². The Hall–Kier alpha value is -2.38. The van der Waals surface area contributed by atoms with Crippen molar-refractivity contribution in [3.63, 3.8) is 0 Å². The molecule has 2 amide bonds. The summed E-state index contributed by atoms with van der Waals surface area (Å²) < 4.78 is 42.7. The number of nitrogens with one attached hydrogen (secondary N) is 1. The van der Waals surface area contributed by atoms with Crippen LogP contribution in [0.15, 0.2) is 35.3 Å². The number of carbonyl (C=O) groups is 2. The molecule has 1 atom stereocenters. The van der Waals surface area contributed by atoms with Crippen molar-refractivity contribution in [1.82, 2.24) is 10.2 Å². The predicted octanol–water partition coefficient (Wildman–Crippen LogP) is 4.03. The van der Waals surface area contributed by atoms with Gasteiger partial charge in [-0.25, -0.2) is 4.99 Å². The molecule has 5 nitrogen and oxygen atoms in total. The molecule has 2 aliphatic rings. The molecule has 1 unspecified atom stereocenters. The summed E-state index contributed by atoms with van der Waals surface area (Å²) >= 11 is 0. The lowest BCUT2D eigenvalue weighted by Gasteiger charge is -2.34. The molecule has 1 aromatic carbocycles. The van der Waals surface area contributed by atoms with Crippen molar-refractivity contribution in [3.8, 4) is 0 Å². The van der Waals surface area contributed by atoms with Crippen LogP contribution in [0.25, 0.3) is 0 Å². The molecule has 1 heterocycles. The van der Waals surface area contributed by atoms with Crippen LogP contribution in [-0.4, -0.2) is 40.4 Å². The second kappa shape index (κ2) is 8.16. The van der Waals surface area contributed by atoms with Gasteiger partial charge in [0.2, 0.25) is 5.91 Å². The van der Waals surface area contributed by atoms with E-state index in [2.05, 4.69) is 4.99 Å². The number of halogens is 3. The van der Waals surface area contributed by atoms with Gasteiger partial charge >= 0.3 is 11.8 Å². The van der Waals surface area contributed by atoms with Gasteiger partial charge in [-0.2, -0.15) is 13.2 Å². The second-order valence-corrected chi connectivity index (χ2v) is 8.12. The van der Waals surface area contributed by atoms with Crippen molar-refractivity contribution >= 4 is 17.6 Å². The van der Waals surface area contributed by atoms with Gasteiger partial charge in [0.1, 0.15) is 5.84 Å². The molecule has 1 aromatic rings. The van der Waals surface area contributed by atoms with E-state index in [1.54, 1.807) is 44.2 Å². The van der Waals surface area contributed by atoms with Gasteiger partial charge in [0.25, 0.3) is 5.91 Å². The average molecular weight is 409 g/mol. The lowest BCUT2D eigenvalue weighted by atomic mass is 9.93. The lowest BCUT2D eigenvalue weighted by molar-refractivity contribution is -0.201. The normalized spacial score (nSPS) is 23.4. The molecule has 3 rings (SSSR count). The lowest BCUT2D eigenvalue weighted by Crippen LogP contribution is -2.64. The van der Waals surface area contributed by atoms with Gasteiger partial charge in [-0.05, 0) is 18.8 Å². The van der Waals surface area contributed by atoms with Crippen LogP contribution in [0, 0.1) is 5.92 Å². The number of hydrogen-bond acceptors (Lipinski definition) is 3. The highest BCUT2D eigenvalue weighted by Gasteiger charge is 2.67. The number of benzene rings is 1. The van der Waals surface area contributed by atoms with Crippen LogP contribution in [-0.2, 0) is 9.59 Å². The third-order valence-corrected chi connectivity index (χ3v) is 5.33. The number of rotatable bonds is 5. The van der Waals surface area contributed by atoms with Gasteiger partial charge in [0, 0.05) is 18.0 Å². The van der Waals surface area contributed by atoms with Gasteiger partial charge in [-0.1, -0.05) is 63.4 Å². The fourth-order valence-corrected chi connectivity index (χ4v) is 3.96. The van der Waals surface area contributed by atoms with Crippen molar-refractivity contribution in [2.75, 3.05) is 0 Å². The molecular weight excluding hydrogens is 383 g/mol. The first-order valence-electron chi connectivity index (χ1n) is 10.0. The molecule has 1 aliphatic heterocycles. The number of carbonyl (C=O) groups excluding carboxylic acids is 2. The number of amides is 2. The Morgan fingerprint density at radius 2 is 1.83 bits per heavy atom. The summed E-state index contributed by atoms with van der Waals surface area (Å²) in [5.41, 5.74) is -2.85. The molecule has 8 heteroatoms. The van der Waals surface area contributed by atoms with Gasteiger partial charge in [-0.3, -0.25) is 14.5 Å². The molecule has 1 N–H and O–H groups in total. The maximum Gasteiger partial charge on any atom is 0.442 e. The summed E-state index contributed by atoms with van der Waals surface area (Å²) in [6, 6.07) is 8.02. The number of nitrogens with zero attached hydrogens (tertiary/aromatic N) is 2. The Balaban J connectivity index is 2.08. The molecule has 0 saturated heterocycles. The van der Waals surface area contributed by atoms with Crippen LogP contribution >= 0.6 is 0 Å². The largest absolute Gasteiger partial charge is 0.442 e. The molecule has 0 aromatic heterocycles. The molecule has 158 valence electrons. The van der Waals surface area contributed by atoms with Gasteiger partial charge in [0.15, 0.2) is 0 Å². The van der Waals surface area contributed by atoms with Crippen LogP contribution in [0.3, 0.4) is 0 Å². The Bertz CT molecular complexity index is 786. The first kappa shape index (κ1) is 21.3. The third-order valence-electron chi connectivity index (χ3n) is 5.33. The molecule has 1 aliphatic carbocycles. The van der Waals surface area contributed by atoms with E-state index >= 15 is 0 Å². The highest BCUT2D eigenvalue weighted by Crippen LogP contribution is 2.41. The Morgan fingerprint density at radius 3 is 2.38 bits per heavy atom. The van der Waals surface area contributed by atoms with Crippen LogP contribution in [0.5, 0.6) is 0 Å². The minimum atomic E-state index is -5.06. The van der Waals surface area contributed by atoms with E-state index < -0.39 is 23.7 Å². The van der Waals surface area contributed by atoms with E-state index in [-0.39, 0.29) is 24.2 Å². The van der Waals surface area contributed by atoms with Crippen molar-refractivity contribution in [1.29, 1.82) is 0 Å². The minimum absolute atomic E-state index is 0.0235. The van der Waals surface area contributed by atoms with E-state index in [4.69, 9.17) is 0 Å². The summed E-state index contributed by atoms with van der Waals surface area (Å²) in [5.74, 6) is -2.23. The van der Waals surface area contributed by atoms with Gasteiger partial charge in [-0.15, -0.1) is 0 Å². The molecule has 0 bridgehead atoms. The third kappa shape index (κ3) is 4.16. The standard InChI is InChI=1S/C21H26F3N3O2/c1-14(2)13-17(28)25-20(21(22,23)24)19(29)27(16-11-7-4-8-12-16)18(26-20)15-9-5-3-6-10-15/h3,5-6,9-10,14,16H,4,7-8,11-13H2,1-2H3,(H,25,28). The summed E-state index contributed by atoms with van der Waals surface area (Å²) in [7, 11) is 0. The predicted molar refractivity (Wildman–Crippen MR) is 103 cm³/mol. The Labute approximate surface area is 168 Å². The number of amidine groups is 1. The fraction of sp³-hybridized carbons (Fsp3) is 0.571. The van der Waals surface area contributed by atoms with E-state index in [0.717, 1.165) is 19.3 Å². The molecule has 29 heavy (non-hydrogen) atoms. The van der Waals surface area contributed by atoms with Crippen molar-refractivity contribution in [2.45, 2.75) is 70.3 Å². The van der Waals surface area contributed by atoms with Crippen molar-refractivity contribution in [2.24, 2.45) is 10.9 Å². The summed E-state index contributed by atoms with van der Waals surface area (Å²) in [5, 5.41) is 1.94. The van der Waals surface area contributed by atoms with Gasteiger partial charge < -0.3 is 5.32 Å². The van der Waals surface area contributed by atoms with E-state index in [1.807, 2.05) is 5.32 Å². The second-order valence-electron chi connectivity index (χ2n) is 8.12. The molecular formula is C21H26F3N3O2. The quantitative estimate of drug-likeness (QED) is 0.798. The monoisotopic (exact) mass is 409 g/mol. The molecule has 0 radical (unpaired) electrons. The van der Waals surface area contributed by atoms with Crippen LogP contribution in [0.4, 0.5) is 13.2 Å². The van der Waals surface area contributed by atoms with Crippen molar-refractivity contribution in [3.05, 3.63) is 35.9 Å². The molecule has 1 saturated carbocycles. The first-order valence-corrected chi connectivity index (χ1v) is 10.0. The fourth-order valence-electron chi connectivity index (χ4n) is 3.96. The highest BCUT2D eigenvalue weighted by atomic mass is 19.4. The summed E-state index contributed by atoms with van der Waals surface area (Å²) in [4.78, 5) is 30.6. The number of hydrogen-bond donors (Lipinski definition) is 1. The summed E-state index contributed by atoms with van der Waals surface area (Å²) in [6.45, 7) is 3.45. The molecule has 0 spiro atoms. The van der Waals surface area contributed by atoms with E-state index in [1.165, 1.54) is 4.90 Å². The maximum absolute atomic E-state index is 14.2.